The summed E-state index contributed by atoms with van der Waals surface area (Å²) < 4.78 is 24.6. The quantitative estimate of drug-likeness (QED) is 0.262. The van der Waals surface area contributed by atoms with E-state index in [1.807, 2.05) is 24.3 Å². The molecular formula is C21H26N2O6S. The van der Waals surface area contributed by atoms with E-state index in [-0.39, 0.29) is 6.42 Å². The highest BCUT2D eigenvalue weighted by Crippen LogP contribution is 2.33. The molecule has 3 unspecified atom stereocenters. The van der Waals surface area contributed by atoms with Gasteiger partial charge in [0, 0.05) is 38.0 Å². The second-order valence-corrected chi connectivity index (χ2v) is 9.33. The number of hydrogen-bond donors (Lipinski definition) is 3. The fourth-order valence-electron chi connectivity index (χ4n) is 3.66. The Morgan fingerprint density at radius 1 is 1.40 bits per heavy atom. The number of carbonyl (C=O) groups is 1. The average Bonchev–Trinajstić information content (AvgIpc) is 3.17. The van der Waals surface area contributed by atoms with Gasteiger partial charge in [-0.15, -0.1) is 0 Å². The smallest absolute Gasteiger partial charge is 0.264 e. The van der Waals surface area contributed by atoms with Gasteiger partial charge >= 0.3 is 0 Å². The Labute approximate surface area is 178 Å². The van der Waals surface area contributed by atoms with Crippen LogP contribution in [0.2, 0.25) is 0 Å². The Kier molecular flexibility index (Phi) is 7.26. The van der Waals surface area contributed by atoms with Crippen LogP contribution in [0.5, 0.6) is 0 Å². The number of nitrogens with one attached hydrogen (secondary N) is 1. The average molecular weight is 435 g/mol. The number of amides is 1. The summed E-state index contributed by atoms with van der Waals surface area (Å²) in [5, 5.41) is 12.9. The number of rotatable bonds is 7. The molecule has 3 atom stereocenters. The molecule has 1 aromatic carbocycles. The number of benzene rings is 1. The Hall–Kier alpha value is -2.25. The highest BCUT2D eigenvalue weighted by Gasteiger charge is 2.44. The minimum Gasteiger partial charge on any atom is -0.392 e. The highest BCUT2D eigenvalue weighted by atomic mass is 32.2. The summed E-state index contributed by atoms with van der Waals surface area (Å²) in [5.74, 6) is 6.62. The van der Waals surface area contributed by atoms with E-state index in [4.69, 9.17) is 14.8 Å². The van der Waals surface area contributed by atoms with E-state index in [0.29, 0.717) is 24.0 Å². The molecule has 1 amide bonds. The maximum atomic E-state index is 11.8. The third kappa shape index (κ3) is 5.08. The van der Waals surface area contributed by atoms with E-state index in [9.17, 15) is 13.6 Å². The largest absolute Gasteiger partial charge is 0.392 e. The first-order valence-electron chi connectivity index (χ1n) is 9.74. The van der Waals surface area contributed by atoms with Crippen molar-refractivity contribution in [3.63, 3.8) is 0 Å². The van der Waals surface area contributed by atoms with Gasteiger partial charge in [0.15, 0.2) is 15.8 Å². The van der Waals surface area contributed by atoms with Gasteiger partial charge in [-0.25, -0.2) is 9.69 Å². The van der Waals surface area contributed by atoms with Gasteiger partial charge in [-0.1, -0.05) is 29.1 Å². The minimum absolute atomic E-state index is 0.0650. The molecule has 3 rings (SSSR count). The second-order valence-electron chi connectivity index (χ2n) is 7.93. The van der Waals surface area contributed by atoms with E-state index in [2.05, 4.69) is 17.0 Å². The number of ether oxygens (including phenoxy) is 1. The summed E-state index contributed by atoms with van der Waals surface area (Å²) in [6.45, 7) is 2.10. The van der Waals surface area contributed by atoms with Crippen LogP contribution in [0, 0.1) is 23.7 Å². The number of nitrogens with zero attached hydrogens (tertiary/aromatic N) is 1. The molecule has 0 aromatic heterocycles. The van der Waals surface area contributed by atoms with Gasteiger partial charge in [-0.3, -0.25) is 10.0 Å². The zero-order valence-electron chi connectivity index (χ0n) is 17.0. The molecule has 0 bridgehead atoms. The lowest BCUT2D eigenvalue weighted by atomic mass is 9.76. The zero-order chi connectivity index (χ0) is 21.7. The SMILES string of the molecule is COCC1CC(C#Cc2ccc(C3=NOC(CC(C)(C(=O)NO)S(=O)O)C3)cc2)C1. The van der Waals surface area contributed by atoms with Gasteiger partial charge in [0.25, 0.3) is 5.91 Å². The molecule has 1 aromatic rings. The van der Waals surface area contributed by atoms with E-state index in [1.165, 1.54) is 12.4 Å². The molecule has 1 saturated carbocycles. The van der Waals surface area contributed by atoms with Gasteiger partial charge < -0.3 is 14.1 Å². The maximum Gasteiger partial charge on any atom is 0.264 e. The molecule has 0 radical (unpaired) electrons. The minimum atomic E-state index is -2.49. The van der Waals surface area contributed by atoms with Crippen LogP contribution in [0.3, 0.4) is 0 Å². The number of oxime groups is 1. The second kappa shape index (κ2) is 9.71. The molecular weight excluding hydrogens is 408 g/mol. The highest BCUT2D eigenvalue weighted by molar-refractivity contribution is 7.81. The maximum absolute atomic E-state index is 11.8. The van der Waals surface area contributed by atoms with Crippen molar-refractivity contribution >= 4 is 22.7 Å². The topological polar surface area (TPSA) is 117 Å². The molecule has 30 heavy (non-hydrogen) atoms. The predicted octanol–water partition coefficient (Wildman–Crippen LogP) is 2.08. The van der Waals surface area contributed by atoms with Crippen molar-refractivity contribution in [2.45, 2.75) is 43.5 Å². The Morgan fingerprint density at radius 3 is 2.70 bits per heavy atom. The number of hydrogen-bond acceptors (Lipinski definition) is 6. The number of hydroxylamine groups is 1. The van der Waals surface area contributed by atoms with Gasteiger partial charge in [0.1, 0.15) is 6.10 Å². The standard InChI is InChI=1S/C21H26N2O6S/c1-21(30(26)27,20(24)22-25)12-18-11-19(23-29-18)17-7-5-14(6-8-17)3-4-15-9-16(10-15)13-28-2/h5-8,15-16,18,25H,9-13H2,1-2H3,(H,22,24)(H,26,27). The normalized spacial score (nSPS) is 25.6. The van der Waals surface area contributed by atoms with Crippen LogP contribution >= 0.6 is 0 Å². The summed E-state index contributed by atoms with van der Waals surface area (Å²) in [4.78, 5) is 17.2. The first-order valence-corrected chi connectivity index (χ1v) is 10.9. The molecule has 8 nitrogen and oxygen atoms in total. The molecule has 1 aliphatic carbocycles. The van der Waals surface area contributed by atoms with Crippen LogP contribution in [0.15, 0.2) is 29.4 Å². The van der Waals surface area contributed by atoms with Crippen LogP contribution in [0.1, 0.15) is 43.7 Å². The Morgan fingerprint density at radius 2 is 2.10 bits per heavy atom. The van der Waals surface area contributed by atoms with Crippen molar-refractivity contribution in [1.82, 2.24) is 5.48 Å². The third-order valence-corrected chi connectivity index (χ3v) is 6.72. The van der Waals surface area contributed by atoms with Crippen molar-refractivity contribution < 1.29 is 28.3 Å². The van der Waals surface area contributed by atoms with Crippen molar-refractivity contribution in [2.24, 2.45) is 17.0 Å². The molecule has 0 spiro atoms. The lowest BCUT2D eigenvalue weighted by Gasteiger charge is -2.30. The van der Waals surface area contributed by atoms with Gasteiger partial charge in [0.05, 0.1) is 5.71 Å². The summed E-state index contributed by atoms with van der Waals surface area (Å²) in [6.07, 6.45) is 1.95. The first kappa shape index (κ1) is 22.4. The van der Waals surface area contributed by atoms with Crippen LogP contribution < -0.4 is 5.48 Å². The van der Waals surface area contributed by atoms with Crippen LogP contribution in [0.4, 0.5) is 0 Å². The van der Waals surface area contributed by atoms with Crippen molar-refractivity contribution in [2.75, 3.05) is 13.7 Å². The molecule has 1 fully saturated rings. The van der Waals surface area contributed by atoms with Gasteiger partial charge in [-0.2, -0.15) is 0 Å². The Balaban J connectivity index is 1.56. The van der Waals surface area contributed by atoms with E-state index in [1.54, 1.807) is 7.11 Å². The summed E-state index contributed by atoms with van der Waals surface area (Å²) in [7, 11) is 1.72. The van der Waals surface area contributed by atoms with E-state index in [0.717, 1.165) is 30.6 Å². The lowest BCUT2D eigenvalue weighted by Crippen LogP contribution is -2.48. The first-order chi connectivity index (χ1) is 14.4. The summed E-state index contributed by atoms with van der Waals surface area (Å²) in [6, 6.07) is 7.67. The molecule has 9 heteroatoms. The van der Waals surface area contributed by atoms with E-state index < -0.39 is 27.8 Å². The summed E-state index contributed by atoms with van der Waals surface area (Å²) >= 11 is -2.49. The lowest BCUT2D eigenvalue weighted by molar-refractivity contribution is -0.132. The summed E-state index contributed by atoms with van der Waals surface area (Å²) in [5.41, 5.74) is 3.92. The number of carbonyl (C=O) groups excluding carboxylic acids is 1. The van der Waals surface area contributed by atoms with Gasteiger partial charge in [-0.05, 0) is 43.4 Å². The molecule has 162 valence electrons. The molecule has 3 N–H and O–H groups in total. The molecule has 1 heterocycles. The Bertz CT molecular complexity index is 885. The van der Waals surface area contributed by atoms with E-state index >= 15 is 0 Å². The van der Waals surface area contributed by atoms with Crippen molar-refractivity contribution in [1.29, 1.82) is 0 Å². The van der Waals surface area contributed by atoms with Crippen molar-refractivity contribution in [3.8, 4) is 11.8 Å². The predicted molar refractivity (Wildman–Crippen MR) is 111 cm³/mol. The van der Waals surface area contributed by atoms with Crippen LogP contribution in [0.25, 0.3) is 0 Å². The van der Waals surface area contributed by atoms with Crippen LogP contribution in [-0.4, -0.2) is 50.2 Å². The van der Waals surface area contributed by atoms with Crippen molar-refractivity contribution in [3.05, 3.63) is 35.4 Å². The fraction of sp³-hybridized carbons (Fsp3) is 0.524. The number of methoxy groups -OCH3 is 1. The molecule has 2 aliphatic rings. The van der Waals surface area contributed by atoms with Gasteiger partial charge in [0.2, 0.25) is 0 Å². The monoisotopic (exact) mass is 434 g/mol. The molecule has 1 aliphatic heterocycles. The third-order valence-electron chi connectivity index (χ3n) is 5.59. The fourth-order valence-corrected chi connectivity index (χ4v) is 4.19. The van der Waals surface area contributed by atoms with Crippen LogP contribution in [-0.2, 0) is 25.4 Å². The molecule has 0 saturated heterocycles. The zero-order valence-corrected chi connectivity index (χ0v) is 17.8.